The second-order valence-electron chi connectivity index (χ2n) is 3.14. The zero-order chi connectivity index (χ0) is 10.6. The monoisotopic (exact) mass is 186 g/mol. The summed E-state index contributed by atoms with van der Waals surface area (Å²) in [6, 6.07) is 7.75. The van der Waals surface area contributed by atoms with Gasteiger partial charge in [-0.2, -0.15) is 0 Å². The average molecular weight is 186 g/mol. The molecule has 0 amide bonds. The van der Waals surface area contributed by atoms with Gasteiger partial charge in [0.1, 0.15) is 0 Å². The number of rotatable bonds is 2. The summed E-state index contributed by atoms with van der Waals surface area (Å²) in [4.78, 5) is 11.2. The number of carbonyl (C=O) groups is 1. The molecule has 0 aliphatic heterocycles. The minimum absolute atomic E-state index is 0.0794. The zero-order valence-corrected chi connectivity index (χ0v) is 8.58. The molecule has 0 N–H and O–H groups in total. The Labute approximate surface area is 84.1 Å². The Bertz CT molecular complexity index is 466. The first kappa shape index (κ1) is 10.5. The molecule has 0 unspecified atom stereocenters. The van der Waals surface area contributed by atoms with Crippen molar-refractivity contribution in [3.05, 3.63) is 46.4 Å². The number of allylic oxidation sites excluding steroid dienone is 2. The molecule has 0 bridgehead atoms. The third-order valence-corrected chi connectivity index (χ3v) is 2.08. The summed E-state index contributed by atoms with van der Waals surface area (Å²) >= 11 is 0. The fraction of sp³-hybridized carbons (Fsp3) is 0.154. The smallest absolute Gasteiger partial charge is 0.159 e. The summed E-state index contributed by atoms with van der Waals surface area (Å²) in [5, 5.41) is 1.93. The van der Waals surface area contributed by atoms with Gasteiger partial charge in [0.15, 0.2) is 5.78 Å². The van der Waals surface area contributed by atoms with Gasteiger partial charge < -0.3 is 0 Å². The number of hydrogen-bond donors (Lipinski definition) is 0. The molecular formula is C13H14O. The molecule has 1 nitrogen and oxygen atoms in total. The van der Waals surface area contributed by atoms with E-state index in [0.29, 0.717) is 0 Å². The molecule has 0 radical (unpaired) electrons. The van der Waals surface area contributed by atoms with Gasteiger partial charge in [-0.25, -0.2) is 0 Å². The molecule has 72 valence electrons. The second kappa shape index (κ2) is 4.56. The highest BCUT2D eigenvalue weighted by molar-refractivity contribution is 6.01. The fourth-order valence-electron chi connectivity index (χ4n) is 1.23. The van der Waals surface area contributed by atoms with Crippen molar-refractivity contribution in [1.82, 2.24) is 0 Å². The van der Waals surface area contributed by atoms with Crippen LogP contribution >= 0.6 is 0 Å². The van der Waals surface area contributed by atoms with Gasteiger partial charge in [0, 0.05) is 5.57 Å². The lowest BCUT2D eigenvalue weighted by Gasteiger charge is -1.94. The van der Waals surface area contributed by atoms with Crippen LogP contribution in [0.15, 0.2) is 35.9 Å². The quantitative estimate of drug-likeness (QED) is 0.638. The number of hydrogen-bond acceptors (Lipinski definition) is 1. The van der Waals surface area contributed by atoms with E-state index >= 15 is 0 Å². The SMILES string of the molecule is C=c1cccc/c1=C/C(=C\C)C(C)=O. The van der Waals surface area contributed by atoms with Crippen LogP contribution in [0.1, 0.15) is 13.8 Å². The maximum atomic E-state index is 11.2. The summed E-state index contributed by atoms with van der Waals surface area (Å²) in [6.07, 6.45) is 3.68. The molecule has 14 heavy (non-hydrogen) atoms. The van der Waals surface area contributed by atoms with Crippen molar-refractivity contribution in [1.29, 1.82) is 0 Å². The van der Waals surface area contributed by atoms with E-state index in [4.69, 9.17) is 0 Å². The van der Waals surface area contributed by atoms with Crippen molar-refractivity contribution in [2.45, 2.75) is 13.8 Å². The van der Waals surface area contributed by atoms with Gasteiger partial charge in [0.2, 0.25) is 0 Å². The first-order valence-corrected chi connectivity index (χ1v) is 4.58. The van der Waals surface area contributed by atoms with E-state index in [2.05, 4.69) is 6.58 Å². The standard InChI is InChI=1S/C13H14O/c1-4-12(11(3)14)9-13-8-6-5-7-10(13)2/h4-9H,2H2,1,3H3/b12-4+,13-9-. The molecule has 0 aromatic heterocycles. The average Bonchev–Trinajstić information content (AvgIpc) is 2.16. The van der Waals surface area contributed by atoms with Crippen molar-refractivity contribution >= 4 is 18.4 Å². The van der Waals surface area contributed by atoms with Crippen LogP contribution in [-0.2, 0) is 4.79 Å². The first-order valence-electron chi connectivity index (χ1n) is 4.58. The molecule has 0 heterocycles. The Morgan fingerprint density at radius 1 is 1.36 bits per heavy atom. The second-order valence-corrected chi connectivity index (χ2v) is 3.14. The summed E-state index contributed by atoms with van der Waals surface area (Å²) in [6.45, 7) is 7.32. The van der Waals surface area contributed by atoms with Crippen LogP contribution in [0.5, 0.6) is 0 Å². The summed E-state index contributed by atoms with van der Waals surface area (Å²) in [7, 11) is 0. The van der Waals surface area contributed by atoms with E-state index in [1.807, 2.05) is 43.3 Å². The first-order chi connectivity index (χ1) is 6.65. The van der Waals surface area contributed by atoms with Gasteiger partial charge >= 0.3 is 0 Å². The lowest BCUT2D eigenvalue weighted by atomic mass is 10.1. The zero-order valence-electron chi connectivity index (χ0n) is 8.58. The van der Waals surface area contributed by atoms with Crippen molar-refractivity contribution in [3.63, 3.8) is 0 Å². The third-order valence-electron chi connectivity index (χ3n) is 2.08. The van der Waals surface area contributed by atoms with Gasteiger partial charge in [-0.15, -0.1) is 0 Å². The highest BCUT2D eigenvalue weighted by Crippen LogP contribution is 1.96. The number of benzene rings is 1. The van der Waals surface area contributed by atoms with Crippen LogP contribution in [0, 0.1) is 0 Å². The largest absolute Gasteiger partial charge is 0.295 e. The van der Waals surface area contributed by atoms with Gasteiger partial charge in [-0.05, 0) is 30.4 Å². The lowest BCUT2D eigenvalue weighted by molar-refractivity contribution is -0.113. The van der Waals surface area contributed by atoms with Gasteiger partial charge in [0.05, 0.1) is 0 Å². The highest BCUT2D eigenvalue weighted by atomic mass is 16.1. The van der Waals surface area contributed by atoms with Gasteiger partial charge in [-0.3, -0.25) is 4.79 Å². The van der Waals surface area contributed by atoms with Crippen molar-refractivity contribution in [2.24, 2.45) is 0 Å². The molecule has 0 spiro atoms. The van der Waals surface area contributed by atoms with E-state index in [-0.39, 0.29) is 5.78 Å². The Morgan fingerprint density at radius 2 is 2.00 bits per heavy atom. The van der Waals surface area contributed by atoms with E-state index < -0.39 is 0 Å². The van der Waals surface area contributed by atoms with E-state index in [9.17, 15) is 4.79 Å². The van der Waals surface area contributed by atoms with Gasteiger partial charge in [-0.1, -0.05) is 36.9 Å². The summed E-state index contributed by atoms with van der Waals surface area (Å²) < 4.78 is 0. The third kappa shape index (κ3) is 2.43. The Balaban J connectivity index is 3.30. The maximum Gasteiger partial charge on any atom is 0.159 e. The van der Waals surface area contributed by atoms with Crippen molar-refractivity contribution in [2.75, 3.05) is 0 Å². The molecule has 0 saturated heterocycles. The van der Waals surface area contributed by atoms with Crippen LogP contribution in [-0.4, -0.2) is 5.78 Å². The molecule has 1 rings (SSSR count). The summed E-state index contributed by atoms with van der Waals surface area (Å²) in [5.74, 6) is 0.0794. The maximum absolute atomic E-state index is 11.2. The highest BCUT2D eigenvalue weighted by Gasteiger charge is 1.96. The number of carbonyl (C=O) groups excluding carboxylic acids is 1. The lowest BCUT2D eigenvalue weighted by Crippen LogP contribution is -2.22. The predicted octanol–water partition coefficient (Wildman–Crippen LogP) is 1.41. The van der Waals surface area contributed by atoms with Crippen LogP contribution in [0.4, 0.5) is 0 Å². The minimum Gasteiger partial charge on any atom is -0.295 e. The Kier molecular flexibility index (Phi) is 3.41. The van der Waals surface area contributed by atoms with Crippen LogP contribution in [0.2, 0.25) is 0 Å². The predicted molar refractivity (Wildman–Crippen MR) is 60.1 cm³/mol. The Morgan fingerprint density at radius 3 is 2.50 bits per heavy atom. The van der Waals surface area contributed by atoms with E-state index in [1.54, 1.807) is 6.92 Å². The molecule has 1 heteroatoms. The molecule has 1 aromatic rings. The van der Waals surface area contributed by atoms with Gasteiger partial charge in [0.25, 0.3) is 0 Å². The van der Waals surface area contributed by atoms with Crippen LogP contribution < -0.4 is 10.4 Å². The molecule has 0 saturated carbocycles. The van der Waals surface area contributed by atoms with Crippen molar-refractivity contribution in [3.8, 4) is 0 Å². The van der Waals surface area contributed by atoms with Crippen LogP contribution in [0.3, 0.4) is 0 Å². The molecule has 1 aromatic carbocycles. The molecule has 0 atom stereocenters. The minimum atomic E-state index is 0.0794. The molecule has 0 aliphatic rings. The summed E-state index contributed by atoms with van der Waals surface area (Å²) in [5.41, 5.74) is 0.723. The topological polar surface area (TPSA) is 17.1 Å². The number of Topliss-reactive ketones (excluding diaryl/α,β-unsaturated/α-hetero) is 1. The molecule has 0 aliphatic carbocycles. The normalized spacial score (nSPS) is 13.0. The molecular weight excluding hydrogens is 172 g/mol. The Hall–Kier alpha value is -1.63. The van der Waals surface area contributed by atoms with Crippen LogP contribution in [0.25, 0.3) is 12.7 Å². The fourth-order valence-corrected chi connectivity index (χ4v) is 1.23. The van der Waals surface area contributed by atoms with E-state index in [1.165, 1.54) is 0 Å². The van der Waals surface area contributed by atoms with E-state index in [0.717, 1.165) is 16.0 Å². The van der Waals surface area contributed by atoms with Crippen molar-refractivity contribution < 1.29 is 4.79 Å². The molecule has 0 fully saturated rings. The number of ketones is 1.